The summed E-state index contributed by atoms with van der Waals surface area (Å²) in [6.45, 7) is 47.0. The molecule has 0 radical (unpaired) electrons. The first-order valence-electron chi connectivity index (χ1n) is 40.3. The second kappa shape index (κ2) is 50.2. The molecule has 4 nitrogen and oxygen atoms in total. The van der Waals surface area contributed by atoms with Crippen LogP contribution in [0.25, 0.3) is 0 Å². The molecule has 0 fully saturated rings. The minimum Gasteiger partial charge on any atom is -0.492 e. The van der Waals surface area contributed by atoms with Crippen LogP contribution in [-0.2, 0) is 0 Å². The van der Waals surface area contributed by atoms with Crippen LogP contribution in [0.1, 0.15) is 355 Å². The van der Waals surface area contributed by atoms with Gasteiger partial charge < -0.3 is 18.9 Å². The number of benzene rings is 3. The highest BCUT2D eigenvalue weighted by molar-refractivity contribution is 6.91. The monoisotopic (exact) mass is 1380 g/mol. The maximum absolute atomic E-state index is 6.88. The quantitative estimate of drug-likeness (QED) is 0.0321. The van der Waals surface area contributed by atoms with E-state index in [1.807, 2.05) is 0 Å². The molecule has 0 N–H and O–H groups in total. The lowest BCUT2D eigenvalue weighted by Gasteiger charge is -2.38. The van der Waals surface area contributed by atoms with Gasteiger partial charge in [-0.15, -0.1) is 16.6 Å². The first kappa shape index (κ1) is 87.1. The van der Waals surface area contributed by atoms with Gasteiger partial charge in [0.05, 0.1) is 48.7 Å². The largest absolute Gasteiger partial charge is 0.492 e. The lowest BCUT2D eigenvalue weighted by molar-refractivity contribution is 0.295. The summed E-state index contributed by atoms with van der Waals surface area (Å²) >= 11 is 0. The molecule has 0 amide bonds. The van der Waals surface area contributed by atoms with E-state index in [-0.39, 0.29) is 0 Å². The summed E-state index contributed by atoms with van der Waals surface area (Å²) in [5, 5.41) is 0. The third-order valence-corrected chi connectivity index (χ3v) is 33.5. The fourth-order valence-electron chi connectivity index (χ4n) is 14.3. The standard InChI is InChI=1S/C91H142O4Si3/c1-20-24-28-32-36-40-44-49-61-92-88-73-86(59-66-97(75(5)6,76(7)8)77(9)10)90(94-63-51-46-42-38-34-30-26-22-3)71-84(88)57-55-82-68-81(54-48-53-65-96(17,18)19)69-83(70-82)56-58-85-72-91(95-64-52-47-43-39-35-31-27-23-4)87(60-67-98(78(11)12,79(13)14)80(15)16)74-89(85)93-62-50-45-41-37-33-29-25-21-2/h68-80H,20-47,49-52,61-64H2,1-19H3. The van der Waals surface area contributed by atoms with Crippen molar-refractivity contribution in [3.63, 3.8) is 0 Å². The highest BCUT2D eigenvalue weighted by Gasteiger charge is 2.43. The van der Waals surface area contributed by atoms with E-state index < -0.39 is 24.2 Å². The molecule has 0 atom stereocenters. The van der Waals surface area contributed by atoms with Crippen LogP contribution >= 0.6 is 0 Å². The zero-order valence-electron chi connectivity index (χ0n) is 66.6. The Morgan fingerprint density at radius 1 is 0.255 bits per heavy atom. The Kier molecular flexibility index (Phi) is 44.7. The third-order valence-electron chi connectivity index (χ3n) is 20.1. The van der Waals surface area contributed by atoms with Gasteiger partial charge in [-0.25, -0.2) is 0 Å². The second-order valence-corrected chi connectivity index (χ2v) is 47.2. The average Bonchev–Trinajstić information content (AvgIpc) is 0.803. The lowest BCUT2D eigenvalue weighted by atomic mass is 10.0. The Balaban J connectivity index is 2.41. The third kappa shape index (κ3) is 33.1. The van der Waals surface area contributed by atoms with Crippen molar-refractivity contribution in [2.75, 3.05) is 26.4 Å². The van der Waals surface area contributed by atoms with Gasteiger partial charge in [0.2, 0.25) is 0 Å². The molecule has 0 unspecified atom stereocenters. The molecule has 0 aromatic heterocycles. The molecule has 0 aliphatic carbocycles. The molecule has 0 aliphatic heterocycles. The van der Waals surface area contributed by atoms with Gasteiger partial charge in [-0.2, -0.15) is 0 Å². The predicted octanol–water partition coefficient (Wildman–Crippen LogP) is 26.9. The van der Waals surface area contributed by atoms with Crippen LogP contribution in [-0.4, -0.2) is 50.6 Å². The SMILES string of the molecule is CCCCCCCCCCOc1cc(C#C[Si](C(C)C)(C(C)C)C(C)C)c(OCCCCCCCCCC)cc1C#Cc1cc(C#CC#C[Si](C)(C)C)cc(C#Cc2cc(OCCCCCCCCCC)c(C#C[Si](C(C)C)(C(C)C)C(C)C)cc2OCCCCCCCCCC)c1. The van der Waals surface area contributed by atoms with Crippen molar-refractivity contribution in [3.05, 3.63) is 81.4 Å². The van der Waals surface area contributed by atoms with Crippen molar-refractivity contribution in [3.8, 4) is 92.9 Å². The molecule has 0 heterocycles. The fraction of sp³-hybridized carbons (Fsp3) is 0.670. The van der Waals surface area contributed by atoms with Crippen molar-refractivity contribution in [1.82, 2.24) is 0 Å². The predicted molar refractivity (Wildman–Crippen MR) is 438 cm³/mol. The summed E-state index contributed by atoms with van der Waals surface area (Å²) in [6, 6.07) is 14.8. The first-order chi connectivity index (χ1) is 47.1. The van der Waals surface area contributed by atoms with E-state index in [2.05, 4.69) is 243 Å². The summed E-state index contributed by atoms with van der Waals surface area (Å²) in [4.78, 5) is 0. The van der Waals surface area contributed by atoms with Gasteiger partial charge >= 0.3 is 0 Å². The van der Waals surface area contributed by atoms with E-state index in [4.69, 9.17) is 18.9 Å². The van der Waals surface area contributed by atoms with Crippen molar-refractivity contribution >= 4 is 24.2 Å². The molecule has 0 aliphatic rings. The van der Waals surface area contributed by atoms with Crippen LogP contribution in [0.15, 0.2) is 42.5 Å². The van der Waals surface area contributed by atoms with E-state index in [0.29, 0.717) is 59.7 Å². The van der Waals surface area contributed by atoms with E-state index in [1.165, 1.54) is 154 Å². The normalized spacial score (nSPS) is 11.5. The molecule has 0 saturated carbocycles. The highest BCUT2D eigenvalue weighted by atomic mass is 28.3. The number of rotatable bonds is 46. The Morgan fingerprint density at radius 2 is 0.480 bits per heavy atom. The number of unbranched alkanes of at least 4 members (excludes halogenated alkanes) is 28. The Labute approximate surface area is 609 Å². The van der Waals surface area contributed by atoms with Gasteiger partial charge in [0.1, 0.15) is 47.2 Å². The zero-order chi connectivity index (χ0) is 72.0. The summed E-state index contributed by atoms with van der Waals surface area (Å²) in [7, 11) is -5.84. The summed E-state index contributed by atoms with van der Waals surface area (Å²) in [6.07, 6.45) is 39.5. The molecule has 0 saturated heterocycles. The summed E-state index contributed by atoms with van der Waals surface area (Å²) in [5.41, 5.74) is 20.3. The van der Waals surface area contributed by atoms with Crippen LogP contribution in [0.4, 0.5) is 0 Å². The second-order valence-electron chi connectivity index (χ2n) is 31.3. The summed E-state index contributed by atoms with van der Waals surface area (Å²) < 4.78 is 27.5. The van der Waals surface area contributed by atoms with Crippen LogP contribution in [0.5, 0.6) is 23.0 Å². The van der Waals surface area contributed by atoms with Crippen molar-refractivity contribution < 1.29 is 18.9 Å². The van der Waals surface area contributed by atoms with E-state index in [1.54, 1.807) is 0 Å². The average molecular weight is 1380 g/mol. The Hall–Kier alpha value is -5.13. The molecule has 0 spiro atoms. The number of ether oxygens (including phenoxy) is 4. The molecular formula is C91H142O4Si3. The van der Waals surface area contributed by atoms with Crippen molar-refractivity contribution in [2.24, 2.45) is 0 Å². The smallest absolute Gasteiger partial charge is 0.146 e. The van der Waals surface area contributed by atoms with Crippen molar-refractivity contribution in [2.45, 2.75) is 369 Å². The Morgan fingerprint density at radius 3 is 0.714 bits per heavy atom. The van der Waals surface area contributed by atoms with Crippen LogP contribution in [0, 0.1) is 69.9 Å². The van der Waals surface area contributed by atoms with E-state index >= 15 is 0 Å². The minimum atomic E-state index is -2.09. The van der Waals surface area contributed by atoms with Gasteiger partial charge in [0, 0.05) is 41.0 Å². The summed E-state index contributed by atoms with van der Waals surface area (Å²) in [5.74, 6) is 35.1. The fourth-order valence-corrected chi connectivity index (χ4v) is 25.2. The molecular weight excluding hydrogens is 1240 g/mol. The number of hydrogen-bond donors (Lipinski definition) is 0. The van der Waals surface area contributed by atoms with Crippen molar-refractivity contribution in [1.29, 1.82) is 0 Å². The Bertz CT molecular complexity index is 2890. The molecule has 0 bridgehead atoms. The van der Waals surface area contributed by atoms with Gasteiger partial charge in [0.25, 0.3) is 0 Å². The van der Waals surface area contributed by atoms with Gasteiger partial charge in [-0.3, -0.25) is 0 Å². The van der Waals surface area contributed by atoms with Crippen LogP contribution < -0.4 is 18.9 Å². The van der Waals surface area contributed by atoms with Crippen LogP contribution in [0.3, 0.4) is 0 Å². The van der Waals surface area contributed by atoms with E-state index in [9.17, 15) is 0 Å². The number of hydrogen-bond acceptors (Lipinski definition) is 4. The molecule has 542 valence electrons. The van der Waals surface area contributed by atoms with Gasteiger partial charge in [0.15, 0.2) is 0 Å². The van der Waals surface area contributed by atoms with Gasteiger partial charge in [-0.05, 0) is 89.0 Å². The maximum atomic E-state index is 6.88. The topological polar surface area (TPSA) is 36.9 Å². The highest BCUT2D eigenvalue weighted by Crippen LogP contribution is 2.43. The molecule has 3 aromatic rings. The molecule has 3 rings (SSSR count). The van der Waals surface area contributed by atoms with Gasteiger partial charge in [-0.1, -0.05) is 352 Å². The van der Waals surface area contributed by atoms with E-state index in [0.717, 1.165) is 113 Å². The molecule has 3 aromatic carbocycles. The lowest BCUT2D eigenvalue weighted by Crippen LogP contribution is -2.43. The maximum Gasteiger partial charge on any atom is 0.146 e. The first-order valence-corrected chi connectivity index (χ1v) is 48.2. The molecule has 7 heteroatoms. The van der Waals surface area contributed by atoms with Crippen LogP contribution in [0.2, 0.25) is 52.9 Å². The zero-order valence-corrected chi connectivity index (χ0v) is 69.6. The molecule has 98 heavy (non-hydrogen) atoms. The minimum absolute atomic E-state index is 0.499.